The second-order valence-electron chi connectivity index (χ2n) is 9.98. The van der Waals surface area contributed by atoms with Crippen molar-refractivity contribution in [2.24, 2.45) is 0 Å². The molecular weight excluding hydrogens is 498 g/mol. The molecule has 9 heteroatoms. The van der Waals surface area contributed by atoms with Gasteiger partial charge >= 0.3 is 0 Å². The molecule has 0 bridgehead atoms. The zero-order chi connectivity index (χ0) is 26.7. The quantitative estimate of drug-likeness (QED) is 0.426. The number of fused-ring (bicyclic) bond motifs is 5. The Morgan fingerprint density at radius 2 is 1.82 bits per heavy atom. The summed E-state index contributed by atoms with van der Waals surface area (Å²) in [5.41, 5.74) is 4.53. The number of aromatic nitrogens is 1. The highest BCUT2D eigenvalue weighted by Gasteiger charge is 2.49. The minimum Gasteiger partial charge on any atom is -0.497 e. The zero-order valence-electron chi connectivity index (χ0n) is 21.6. The number of aromatic amines is 1. The van der Waals surface area contributed by atoms with Crippen molar-refractivity contribution >= 4 is 22.7 Å². The van der Waals surface area contributed by atoms with E-state index in [4.69, 9.17) is 18.9 Å². The number of ether oxygens (including phenoxy) is 4. The lowest BCUT2D eigenvalue weighted by Crippen LogP contribution is -2.62. The molecule has 0 saturated carbocycles. The molecule has 198 valence electrons. The van der Waals surface area contributed by atoms with Crippen LogP contribution in [-0.2, 0) is 22.6 Å². The Labute approximate surface area is 224 Å². The monoisotopic (exact) mass is 525 g/mol. The second kappa shape index (κ2) is 8.97. The number of carbonyl (C=O) groups excluding carboxylic acids is 2. The Balaban J connectivity index is 1.33. The third-order valence-corrected chi connectivity index (χ3v) is 7.88. The van der Waals surface area contributed by atoms with E-state index in [1.165, 1.54) is 0 Å². The molecular formula is C30H27N3O6. The summed E-state index contributed by atoms with van der Waals surface area (Å²) in [4.78, 5) is 34.9. The van der Waals surface area contributed by atoms with E-state index in [1.54, 1.807) is 24.0 Å². The molecule has 3 aromatic carbocycles. The number of amides is 2. The first-order valence-corrected chi connectivity index (χ1v) is 12.9. The summed E-state index contributed by atoms with van der Waals surface area (Å²) in [6.45, 7) is 0.459. The number of piperazine rings is 1. The number of hydrogen-bond donors (Lipinski definition) is 1. The van der Waals surface area contributed by atoms with Gasteiger partial charge in [0.1, 0.15) is 30.1 Å². The van der Waals surface area contributed by atoms with E-state index in [1.807, 2.05) is 54.6 Å². The molecule has 7 rings (SSSR count). The summed E-state index contributed by atoms with van der Waals surface area (Å²) < 4.78 is 22.2. The first-order valence-electron chi connectivity index (χ1n) is 12.9. The molecule has 4 heterocycles. The molecule has 2 atom stereocenters. The van der Waals surface area contributed by atoms with Crippen LogP contribution in [0.2, 0.25) is 0 Å². The van der Waals surface area contributed by atoms with Crippen molar-refractivity contribution in [3.8, 4) is 23.0 Å². The normalized spacial score (nSPS) is 19.7. The summed E-state index contributed by atoms with van der Waals surface area (Å²) in [6, 6.07) is 18.0. The highest BCUT2D eigenvalue weighted by molar-refractivity contribution is 5.97. The van der Waals surface area contributed by atoms with E-state index in [9.17, 15) is 9.59 Å². The van der Waals surface area contributed by atoms with E-state index in [0.717, 1.165) is 33.3 Å². The predicted octanol–water partition coefficient (Wildman–Crippen LogP) is 3.80. The summed E-state index contributed by atoms with van der Waals surface area (Å²) in [7, 11) is 3.21. The zero-order valence-corrected chi connectivity index (χ0v) is 21.6. The van der Waals surface area contributed by atoms with Gasteiger partial charge in [-0.2, -0.15) is 0 Å². The Bertz CT molecular complexity index is 1630. The molecule has 2 amide bonds. The van der Waals surface area contributed by atoms with Crippen molar-refractivity contribution in [2.45, 2.75) is 25.0 Å². The van der Waals surface area contributed by atoms with Crippen molar-refractivity contribution in [1.29, 1.82) is 0 Å². The van der Waals surface area contributed by atoms with Gasteiger partial charge in [0.15, 0.2) is 11.5 Å². The van der Waals surface area contributed by atoms with Gasteiger partial charge in [0.25, 0.3) is 0 Å². The van der Waals surface area contributed by atoms with Crippen LogP contribution in [0.15, 0.2) is 60.7 Å². The lowest BCUT2D eigenvalue weighted by Gasteiger charge is -2.47. The fourth-order valence-corrected chi connectivity index (χ4v) is 6.09. The Morgan fingerprint density at radius 3 is 2.67 bits per heavy atom. The molecule has 39 heavy (non-hydrogen) atoms. The second-order valence-corrected chi connectivity index (χ2v) is 9.98. The van der Waals surface area contributed by atoms with Gasteiger partial charge in [-0.1, -0.05) is 24.3 Å². The smallest absolute Gasteiger partial charge is 0.246 e. The maximum absolute atomic E-state index is 14.1. The number of H-pyrrole nitrogens is 1. The number of nitrogens with zero attached hydrogens (tertiary/aromatic N) is 2. The van der Waals surface area contributed by atoms with Gasteiger partial charge in [0.2, 0.25) is 18.6 Å². The molecule has 0 spiro atoms. The van der Waals surface area contributed by atoms with Crippen LogP contribution in [-0.4, -0.2) is 60.2 Å². The number of rotatable bonds is 5. The SMILES string of the molecule is COc1ccc(OC)c(C2c3[nH]c4ccccc4c3C[C@@H]3C(=O)N(Cc4ccc5c(c4)OCO5)CC(=O)N23)c1. The largest absolute Gasteiger partial charge is 0.497 e. The summed E-state index contributed by atoms with van der Waals surface area (Å²) in [5.74, 6) is 2.38. The van der Waals surface area contributed by atoms with Gasteiger partial charge in [-0.25, -0.2) is 0 Å². The van der Waals surface area contributed by atoms with Gasteiger partial charge in [0, 0.05) is 35.1 Å². The minimum atomic E-state index is -0.659. The molecule has 1 saturated heterocycles. The maximum Gasteiger partial charge on any atom is 0.246 e. The molecule has 3 aliphatic rings. The van der Waals surface area contributed by atoms with Gasteiger partial charge in [-0.05, 0) is 47.5 Å². The number of nitrogens with one attached hydrogen (secondary N) is 1. The van der Waals surface area contributed by atoms with Crippen molar-refractivity contribution < 1.29 is 28.5 Å². The van der Waals surface area contributed by atoms with Crippen LogP contribution in [0.25, 0.3) is 10.9 Å². The number of benzene rings is 3. The molecule has 1 aromatic heterocycles. The van der Waals surface area contributed by atoms with E-state index in [0.29, 0.717) is 36.0 Å². The lowest BCUT2D eigenvalue weighted by atomic mass is 9.85. The minimum absolute atomic E-state index is 0.0257. The van der Waals surface area contributed by atoms with Crippen molar-refractivity contribution in [3.05, 3.63) is 83.0 Å². The van der Waals surface area contributed by atoms with Gasteiger partial charge in [-0.3, -0.25) is 9.59 Å². The van der Waals surface area contributed by atoms with Crippen LogP contribution in [0.1, 0.15) is 28.4 Å². The molecule has 1 N–H and O–H groups in total. The van der Waals surface area contributed by atoms with E-state index < -0.39 is 12.1 Å². The first-order chi connectivity index (χ1) is 19.1. The third kappa shape index (κ3) is 3.68. The third-order valence-electron chi connectivity index (χ3n) is 7.88. The fourth-order valence-electron chi connectivity index (χ4n) is 6.09. The Hall–Kier alpha value is -4.66. The van der Waals surface area contributed by atoms with Crippen LogP contribution in [0, 0.1) is 0 Å². The molecule has 0 aliphatic carbocycles. The first kappa shape index (κ1) is 23.5. The standard InChI is InChI=1S/C30H27N3O6/c1-36-18-8-10-24(37-2)21(12-18)29-28-20(19-5-3-4-6-22(19)31-28)13-23-30(35)32(15-27(34)33(23)29)14-17-7-9-25-26(11-17)39-16-38-25/h3-12,23,29,31H,13-16H2,1-2H3/t23-,29?/m1/s1. The fraction of sp³-hybridized carbons (Fsp3) is 0.267. The summed E-state index contributed by atoms with van der Waals surface area (Å²) >= 11 is 0. The number of methoxy groups -OCH3 is 2. The topological polar surface area (TPSA) is 93.3 Å². The molecule has 4 aromatic rings. The maximum atomic E-state index is 14.1. The van der Waals surface area contributed by atoms with E-state index in [2.05, 4.69) is 11.1 Å². The van der Waals surface area contributed by atoms with Crippen LogP contribution in [0.4, 0.5) is 0 Å². The lowest BCUT2D eigenvalue weighted by molar-refractivity contribution is -0.159. The summed E-state index contributed by atoms with van der Waals surface area (Å²) in [6.07, 6.45) is 0.421. The molecule has 0 radical (unpaired) electrons. The molecule has 9 nitrogen and oxygen atoms in total. The van der Waals surface area contributed by atoms with Crippen molar-refractivity contribution in [1.82, 2.24) is 14.8 Å². The highest BCUT2D eigenvalue weighted by atomic mass is 16.7. The van der Waals surface area contributed by atoms with Crippen molar-refractivity contribution in [3.63, 3.8) is 0 Å². The number of hydrogen-bond acceptors (Lipinski definition) is 6. The van der Waals surface area contributed by atoms with Crippen LogP contribution < -0.4 is 18.9 Å². The molecule has 1 fully saturated rings. The van der Waals surface area contributed by atoms with Gasteiger partial charge in [-0.15, -0.1) is 0 Å². The average Bonchev–Trinajstić information content (AvgIpc) is 3.58. The number of para-hydroxylation sites is 1. The highest BCUT2D eigenvalue weighted by Crippen LogP contribution is 2.46. The van der Waals surface area contributed by atoms with Crippen LogP contribution in [0.5, 0.6) is 23.0 Å². The number of carbonyl (C=O) groups is 2. The Kier molecular flexibility index (Phi) is 5.40. The predicted molar refractivity (Wildman–Crippen MR) is 142 cm³/mol. The molecule has 1 unspecified atom stereocenters. The summed E-state index contributed by atoms with van der Waals surface area (Å²) in [5, 5.41) is 1.05. The van der Waals surface area contributed by atoms with Crippen molar-refractivity contribution in [2.75, 3.05) is 27.6 Å². The van der Waals surface area contributed by atoms with E-state index in [-0.39, 0.29) is 25.2 Å². The Morgan fingerprint density at radius 1 is 0.974 bits per heavy atom. The average molecular weight is 526 g/mol. The van der Waals surface area contributed by atoms with Gasteiger partial charge < -0.3 is 33.7 Å². The molecule has 3 aliphatic heterocycles. The van der Waals surface area contributed by atoms with Crippen LogP contribution >= 0.6 is 0 Å². The van der Waals surface area contributed by atoms with Crippen LogP contribution in [0.3, 0.4) is 0 Å². The van der Waals surface area contributed by atoms with E-state index >= 15 is 0 Å². The van der Waals surface area contributed by atoms with Gasteiger partial charge in [0.05, 0.1) is 14.2 Å².